The molecule has 15 heavy (non-hydrogen) atoms. The molecule has 2 aliphatic carbocycles. The molecule has 0 saturated heterocycles. The van der Waals surface area contributed by atoms with Gasteiger partial charge in [-0.1, -0.05) is 0 Å². The Hall–Kier alpha value is 0.363. The summed E-state index contributed by atoms with van der Waals surface area (Å²) in [7, 11) is 0. The zero-order chi connectivity index (χ0) is 10.5. The van der Waals surface area contributed by atoms with Crippen molar-refractivity contribution in [2.24, 2.45) is 0 Å². The van der Waals surface area contributed by atoms with Crippen LogP contribution in [-0.2, 0) is 26.2 Å². The smallest absolute Gasteiger partial charge is 0.394 e. The normalized spacial score (nSPS) is 17.3. The van der Waals surface area contributed by atoms with Gasteiger partial charge in [-0.25, -0.2) is 0 Å². The van der Waals surface area contributed by atoms with Gasteiger partial charge in [0.25, 0.3) is 0 Å². The zero-order valence-electron chi connectivity index (χ0n) is 8.58. The quantitative estimate of drug-likeness (QED) is 0.509. The first kappa shape index (κ1) is 17.7. The van der Waals surface area contributed by atoms with E-state index < -0.39 is 0 Å². The van der Waals surface area contributed by atoms with E-state index >= 15 is 0 Å². The molecule has 0 aromatic rings. The molecule has 74 valence electrons. The second kappa shape index (κ2) is 16.8. The average molecular weight is 273 g/mol. The molecule has 0 N–H and O–H groups in total. The van der Waals surface area contributed by atoms with Crippen LogP contribution in [0.5, 0.6) is 0 Å². The van der Waals surface area contributed by atoms with Gasteiger partial charge >= 0.3 is 26.2 Å². The molecular formula is C14H14Zr. The summed E-state index contributed by atoms with van der Waals surface area (Å²) in [6.45, 7) is 9.44. The SMILES string of the molecule is [CH-]=CC=[CH-].[CH]1[CH][CH][CH][CH]1.[CH]1[CH][CH][CH][CH]1.[Zr+2]. The summed E-state index contributed by atoms with van der Waals surface area (Å²) in [5.41, 5.74) is 0. The van der Waals surface area contributed by atoms with E-state index in [0.717, 1.165) is 0 Å². The van der Waals surface area contributed by atoms with E-state index in [0.29, 0.717) is 0 Å². The second-order valence-electron chi connectivity index (χ2n) is 2.31. The predicted molar refractivity (Wildman–Crippen MR) is 60.7 cm³/mol. The number of hydrogen-bond donors (Lipinski definition) is 0. The first-order valence-corrected chi connectivity index (χ1v) is 4.33. The Labute approximate surface area is 115 Å². The van der Waals surface area contributed by atoms with E-state index in [9.17, 15) is 0 Å². The average Bonchev–Trinajstić information content (AvgIpc) is 2.94. The summed E-state index contributed by atoms with van der Waals surface area (Å²) >= 11 is 0. The topological polar surface area (TPSA) is 0 Å². The Morgan fingerprint density at radius 3 is 0.667 bits per heavy atom. The Morgan fingerprint density at radius 2 is 0.600 bits per heavy atom. The molecule has 2 aliphatic rings. The van der Waals surface area contributed by atoms with E-state index in [2.05, 4.69) is 0 Å². The van der Waals surface area contributed by atoms with Crippen LogP contribution in [0.3, 0.4) is 0 Å². The van der Waals surface area contributed by atoms with Crippen LogP contribution >= 0.6 is 0 Å². The van der Waals surface area contributed by atoms with Gasteiger partial charge < -0.3 is 25.3 Å². The van der Waals surface area contributed by atoms with Gasteiger partial charge in [-0.2, -0.15) is 0 Å². The van der Waals surface area contributed by atoms with Crippen LogP contribution < -0.4 is 0 Å². The summed E-state index contributed by atoms with van der Waals surface area (Å²) in [4.78, 5) is 0. The van der Waals surface area contributed by atoms with Gasteiger partial charge in [0.15, 0.2) is 0 Å². The molecule has 0 aromatic heterocycles. The summed E-state index contributed by atoms with van der Waals surface area (Å²) in [5, 5.41) is 0. The van der Waals surface area contributed by atoms with E-state index in [1.807, 2.05) is 64.2 Å². The molecule has 0 aromatic carbocycles. The van der Waals surface area contributed by atoms with Crippen molar-refractivity contribution in [3.8, 4) is 0 Å². The molecule has 0 unspecified atom stereocenters. The molecule has 2 rings (SSSR count). The van der Waals surface area contributed by atoms with Gasteiger partial charge in [-0.3, -0.25) is 0 Å². The monoisotopic (exact) mass is 272 g/mol. The third-order valence-electron chi connectivity index (χ3n) is 1.22. The summed E-state index contributed by atoms with van der Waals surface area (Å²) in [5.74, 6) is 0. The van der Waals surface area contributed by atoms with Crippen molar-refractivity contribution < 1.29 is 26.2 Å². The third kappa shape index (κ3) is 17.0. The minimum absolute atomic E-state index is 0. The predicted octanol–water partition coefficient (Wildman–Crippen LogP) is 3.01. The van der Waals surface area contributed by atoms with Crippen LogP contribution in [-0.4, -0.2) is 0 Å². The van der Waals surface area contributed by atoms with E-state index in [4.69, 9.17) is 13.2 Å². The van der Waals surface area contributed by atoms with E-state index in [1.54, 1.807) is 0 Å². The fourth-order valence-corrected chi connectivity index (χ4v) is 0.642. The van der Waals surface area contributed by atoms with Gasteiger partial charge in [0, 0.05) is 0 Å². The molecule has 0 bridgehead atoms. The first-order chi connectivity index (χ1) is 6.91. The van der Waals surface area contributed by atoms with Crippen LogP contribution in [0.2, 0.25) is 0 Å². The number of allylic oxidation sites excluding steroid dienone is 2. The van der Waals surface area contributed by atoms with Crippen LogP contribution in [0.15, 0.2) is 12.2 Å². The van der Waals surface area contributed by atoms with Crippen molar-refractivity contribution in [2.75, 3.05) is 0 Å². The van der Waals surface area contributed by atoms with Gasteiger partial charge in [0.1, 0.15) is 0 Å². The molecule has 1 heteroatoms. The molecule has 10 radical (unpaired) electrons. The Kier molecular flexibility index (Phi) is 19.9. The summed E-state index contributed by atoms with van der Waals surface area (Å²) < 4.78 is 0. The van der Waals surface area contributed by atoms with Gasteiger partial charge in [0.2, 0.25) is 0 Å². The Balaban J connectivity index is 0. The van der Waals surface area contributed by atoms with E-state index in [-0.39, 0.29) is 26.2 Å². The molecule has 0 amide bonds. The van der Waals surface area contributed by atoms with Crippen LogP contribution in [0.25, 0.3) is 0 Å². The van der Waals surface area contributed by atoms with Crippen LogP contribution in [0.4, 0.5) is 0 Å². The number of hydrogen-bond acceptors (Lipinski definition) is 0. The standard InChI is InChI=1S/2C5H5.C4H4.Zr/c2*1-2-4-5-3-1;1-3-4-2;/h2*1-5H;1-4H;/q;;-2;+2. The van der Waals surface area contributed by atoms with Gasteiger partial charge in [0.05, 0.1) is 0 Å². The van der Waals surface area contributed by atoms with Crippen molar-refractivity contribution in [2.45, 2.75) is 0 Å². The number of rotatable bonds is 1. The Bertz CT molecular complexity index is 90.1. The second-order valence-corrected chi connectivity index (χ2v) is 2.31. The maximum atomic E-state index is 4.72. The molecule has 0 aliphatic heterocycles. The van der Waals surface area contributed by atoms with Crippen molar-refractivity contribution in [1.29, 1.82) is 0 Å². The molecule has 0 heterocycles. The maximum Gasteiger partial charge on any atom is 2.00 e. The van der Waals surface area contributed by atoms with Crippen LogP contribution in [0.1, 0.15) is 0 Å². The minimum Gasteiger partial charge on any atom is -0.394 e. The van der Waals surface area contributed by atoms with Gasteiger partial charge in [-0.05, 0) is 64.2 Å². The van der Waals surface area contributed by atoms with Gasteiger partial charge in [-0.15, -0.1) is 0 Å². The molecule has 2 saturated carbocycles. The molecular weight excluding hydrogens is 259 g/mol. The van der Waals surface area contributed by atoms with Crippen molar-refractivity contribution in [3.05, 3.63) is 89.5 Å². The zero-order valence-corrected chi connectivity index (χ0v) is 11.0. The maximum absolute atomic E-state index is 4.72. The minimum atomic E-state index is 0. The third-order valence-corrected chi connectivity index (χ3v) is 1.22. The van der Waals surface area contributed by atoms with Crippen molar-refractivity contribution in [1.82, 2.24) is 0 Å². The van der Waals surface area contributed by atoms with Crippen molar-refractivity contribution >= 4 is 0 Å². The van der Waals surface area contributed by atoms with Crippen molar-refractivity contribution in [3.63, 3.8) is 0 Å². The summed E-state index contributed by atoms with van der Waals surface area (Å²) in [6.07, 6.45) is 22.6. The molecule has 2 fully saturated rings. The van der Waals surface area contributed by atoms with E-state index in [1.165, 1.54) is 12.2 Å². The molecule has 0 spiro atoms. The fraction of sp³-hybridized carbons (Fsp3) is 0. The van der Waals surface area contributed by atoms with Crippen LogP contribution in [0, 0.1) is 77.4 Å². The first-order valence-electron chi connectivity index (χ1n) is 4.33. The largest absolute Gasteiger partial charge is 2.00 e. The summed E-state index contributed by atoms with van der Waals surface area (Å²) in [6, 6.07) is 0. The Morgan fingerprint density at radius 1 is 0.467 bits per heavy atom. The molecule has 0 nitrogen and oxygen atoms in total. The molecule has 0 atom stereocenters. The fourth-order valence-electron chi connectivity index (χ4n) is 0.642.